The van der Waals surface area contributed by atoms with Crippen LogP contribution in [0.25, 0.3) is 0 Å². The van der Waals surface area contributed by atoms with Gasteiger partial charge in [-0.2, -0.15) is 0 Å². The molecule has 0 saturated carbocycles. The van der Waals surface area contributed by atoms with Crippen LogP contribution in [0.3, 0.4) is 0 Å². The molecule has 0 fully saturated rings. The van der Waals surface area contributed by atoms with Crippen molar-refractivity contribution in [3.8, 4) is 0 Å². The third-order valence-electron chi connectivity index (χ3n) is 2.91. The molecule has 0 amide bonds. The van der Waals surface area contributed by atoms with E-state index in [0.29, 0.717) is 0 Å². The fourth-order valence-corrected chi connectivity index (χ4v) is 2.94. The fourth-order valence-electron chi connectivity index (χ4n) is 1.89. The van der Waals surface area contributed by atoms with Crippen LogP contribution in [0.4, 0.5) is 0 Å². The molecule has 0 saturated heterocycles. The molecule has 0 bridgehead atoms. The second-order valence-electron chi connectivity index (χ2n) is 4.34. The van der Waals surface area contributed by atoms with Gasteiger partial charge >= 0.3 is 0 Å². The SMILES string of the molecule is CCc1nnsc1C(N)Cc1ccc(C)cc1Cl. The van der Waals surface area contributed by atoms with Gasteiger partial charge in [0.15, 0.2) is 0 Å². The van der Waals surface area contributed by atoms with Gasteiger partial charge in [-0.1, -0.05) is 35.1 Å². The Labute approximate surface area is 116 Å². The largest absolute Gasteiger partial charge is 0.323 e. The average molecular weight is 282 g/mol. The predicted molar refractivity (Wildman–Crippen MR) is 76.1 cm³/mol. The van der Waals surface area contributed by atoms with E-state index in [1.54, 1.807) is 0 Å². The molecule has 5 heteroatoms. The van der Waals surface area contributed by atoms with Crippen LogP contribution in [0.15, 0.2) is 18.2 Å². The lowest BCUT2D eigenvalue weighted by molar-refractivity contribution is 0.722. The van der Waals surface area contributed by atoms with Crippen LogP contribution >= 0.6 is 23.1 Å². The molecule has 0 aliphatic carbocycles. The van der Waals surface area contributed by atoms with Crippen molar-refractivity contribution in [2.75, 3.05) is 0 Å². The predicted octanol–water partition coefficient (Wildman–Crippen LogP) is 3.30. The Hall–Kier alpha value is -0.970. The van der Waals surface area contributed by atoms with Crippen LogP contribution in [0.5, 0.6) is 0 Å². The summed E-state index contributed by atoms with van der Waals surface area (Å²) in [6, 6.07) is 5.98. The number of aryl methyl sites for hydroxylation is 2. The highest BCUT2D eigenvalue weighted by Crippen LogP contribution is 2.26. The van der Waals surface area contributed by atoms with E-state index in [-0.39, 0.29) is 6.04 Å². The molecule has 2 aromatic rings. The third kappa shape index (κ3) is 2.88. The summed E-state index contributed by atoms with van der Waals surface area (Å²) in [5.41, 5.74) is 9.46. The zero-order chi connectivity index (χ0) is 13.1. The number of aromatic nitrogens is 2. The van der Waals surface area contributed by atoms with Crippen LogP contribution in [0.2, 0.25) is 5.02 Å². The molecule has 1 unspecified atom stereocenters. The van der Waals surface area contributed by atoms with Crippen LogP contribution in [0.1, 0.15) is 34.7 Å². The standard InChI is InChI=1S/C13H16ClN3S/c1-3-12-13(18-17-16-12)11(15)7-9-5-4-8(2)6-10(9)14/h4-6,11H,3,7,15H2,1-2H3. The first-order valence-electron chi connectivity index (χ1n) is 5.93. The molecule has 3 nitrogen and oxygen atoms in total. The van der Waals surface area contributed by atoms with Gasteiger partial charge in [0.05, 0.1) is 10.6 Å². The van der Waals surface area contributed by atoms with Crippen LogP contribution in [-0.2, 0) is 12.8 Å². The van der Waals surface area contributed by atoms with Crippen molar-refractivity contribution in [3.63, 3.8) is 0 Å². The second-order valence-corrected chi connectivity index (χ2v) is 5.54. The number of hydrogen-bond donors (Lipinski definition) is 1. The molecular weight excluding hydrogens is 266 g/mol. The quantitative estimate of drug-likeness (QED) is 0.935. The number of rotatable bonds is 4. The van der Waals surface area contributed by atoms with Crippen molar-refractivity contribution in [2.24, 2.45) is 5.73 Å². The van der Waals surface area contributed by atoms with Gasteiger partial charge in [0.2, 0.25) is 0 Å². The van der Waals surface area contributed by atoms with Crippen molar-refractivity contribution in [1.29, 1.82) is 0 Å². The molecule has 2 N–H and O–H groups in total. The molecule has 96 valence electrons. The molecule has 2 rings (SSSR count). The molecule has 1 atom stereocenters. The van der Waals surface area contributed by atoms with Crippen molar-refractivity contribution >= 4 is 23.1 Å². The van der Waals surface area contributed by atoms with E-state index in [0.717, 1.165) is 39.6 Å². The molecule has 1 aromatic carbocycles. The zero-order valence-corrected chi connectivity index (χ0v) is 12.1. The number of halogens is 1. The number of nitrogens with zero attached hydrogens (tertiary/aromatic N) is 2. The van der Waals surface area contributed by atoms with E-state index in [1.165, 1.54) is 11.5 Å². The van der Waals surface area contributed by atoms with Gasteiger partial charge in [0, 0.05) is 11.1 Å². The summed E-state index contributed by atoms with van der Waals surface area (Å²) in [7, 11) is 0. The zero-order valence-electron chi connectivity index (χ0n) is 10.5. The third-order valence-corrected chi connectivity index (χ3v) is 4.16. The Morgan fingerprint density at radius 3 is 2.89 bits per heavy atom. The van der Waals surface area contributed by atoms with Gasteiger partial charge in [-0.15, -0.1) is 5.10 Å². The monoisotopic (exact) mass is 281 g/mol. The van der Waals surface area contributed by atoms with Gasteiger partial charge in [-0.3, -0.25) is 0 Å². The molecule has 1 aromatic heterocycles. The van der Waals surface area contributed by atoms with E-state index in [9.17, 15) is 0 Å². The molecule has 0 aliphatic heterocycles. The van der Waals surface area contributed by atoms with E-state index < -0.39 is 0 Å². The maximum atomic E-state index is 6.23. The molecular formula is C13H16ClN3S. The Balaban J connectivity index is 2.18. The molecule has 18 heavy (non-hydrogen) atoms. The van der Waals surface area contributed by atoms with Crippen LogP contribution < -0.4 is 5.73 Å². The van der Waals surface area contributed by atoms with Gasteiger partial charge in [0.25, 0.3) is 0 Å². The summed E-state index contributed by atoms with van der Waals surface area (Å²) in [6.45, 7) is 4.09. The molecule has 0 radical (unpaired) electrons. The lowest BCUT2D eigenvalue weighted by atomic mass is 10.0. The Bertz CT molecular complexity index is 539. The van der Waals surface area contributed by atoms with Gasteiger partial charge < -0.3 is 5.73 Å². The van der Waals surface area contributed by atoms with Gasteiger partial charge in [0.1, 0.15) is 0 Å². The summed E-state index contributed by atoms with van der Waals surface area (Å²) in [5.74, 6) is 0. The number of hydrogen-bond acceptors (Lipinski definition) is 4. The minimum absolute atomic E-state index is 0.0832. The van der Waals surface area contributed by atoms with Crippen LogP contribution in [-0.4, -0.2) is 9.59 Å². The summed E-state index contributed by atoms with van der Waals surface area (Å²) in [5, 5.41) is 4.87. The highest BCUT2D eigenvalue weighted by Gasteiger charge is 2.16. The maximum Gasteiger partial charge on any atom is 0.0801 e. The number of nitrogens with two attached hydrogens (primary N) is 1. The van der Waals surface area contributed by atoms with Crippen molar-refractivity contribution in [3.05, 3.63) is 44.9 Å². The van der Waals surface area contributed by atoms with E-state index in [4.69, 9.17) is 17.3 Å². The van der Waals surface area contributed by atoms with Crippen molar-refractivity contribution in [2.45, 2.75) is 32.7 Å². The summed E-state index contributed by atoms with van der Waals surface area (Å²) < 4.78 is 3.97. The topological polar surface area (TPSA) is 51.8 Å². The smallest absolute Gasteiger partial charge is 0.0801 e. The number of benzene rings is 1. The first kappa shape index (κ1) is 13.5. The average Bonchev–Trinajstić information content (AvgIpc) is 2.81. The molecule has 1 heterocycles. The van der Waals surface area contributed by atoms with E-state index in [2.05, 4.69) is 22.6 Å². The van der Waals surface area contributed by atoms with E-state index in [1.807, 2.05) is 19.1 Å². The highest BCUT2D eigenvalue weighted by atomic mass is 35.5. The molecule has 0 spiro atoms. The highest BCUT2D eigenvalue weighted by molar-refractivity contribution is 7.05. The lowest BCUT2D eigenvalue weighted by Crippen LogP contribution is -2.14. The summed E-state index contributed by atoms with van der Waals surface area (Å²) >= 11 is 7.61. The van der Waals surface area contributed by atoms with Crippen molar-refractivity contribution < 1.29 is 0 Å². The van der Waals surface area contributed by atoms with E-state index >= 15 is 0 Å². The van der Waals surface area contributed by atoms with Gasteiger partial charge in [-0.25, -0.2) is 0 Å². The lowest BCUT2D eigenvalue weighted by Gasteiger charge is -2.12. The van der Waals surface area contributed by atoms with Gasteiger partial charge in [-0.05, 0) is 48.5 Å². The Morgan fingerprint density at radius 2 is 2.22 bits per heavy atom. The molecule has 0 aliphatic rings. The first-order chi connectivity index (χ1) is 8.61. The van der Waals surface area contributed by atoms with Crippen LogP contribution in [0, 0.1) is 6.92 Å². The normalized spacial score (nSPS) is 12.7. The minimum atomic E-state index is -0.0832. The fraction of sp³-hybridized carbons (Fsp3) is 0.385. The first-order valence-corrected chi connectivity index (χ1v) is 7.08. The second kappa shape index (κ2) is 5.78. The Morgan fingerprint density at radius 1 is 1.44 bits per heavy atom. The summed E-state index contributed by atoms with van der Waals surface area (Å²) in [4.78, 5) is 1.06. The Kier molecular flexibility index (Phi) is 4.32. The summed E-state index contributed by atoms with van der Waals surface area (Å²) in [6.07, 6.45) is 1.58. The maximum absolute atomic E-state index is 6.23. The van der Waals surface area contributed by atoms with Crippen molar-refractivity contribution in [1.82, 2.24) is 9.59 Å². The minimum Gasteiger partial charge on any atom is -0.323 e.